The highest BCUT2D eigenvalue weighted by atomic mass is 16.5. The molecule has 6 heteroatoms. The molecular formula is C19H23N3O3. The average molecular weight is 341 g/mol. The van der Waals surface area contributed by atoms with Crippen molar-refractivity contribution >= 4 is 6.03 Å². The van der Waals surface area contributed by atoms with Crippen molar-refractivity contribution in [2.75, 3.05) is 20.8 Å². The van der Waals surface area contributed by atoms with E-state index in [0.29, 0.717) is 6.54 Å². The predicted molar refractivity (Wildman–Crippen MR) is 94.7 cm³/mol. The van der Waals surface area contributed by atoms with E-state index in [0.717, 1.165) is 42.0 Å². The fourth-order valence-corrected chi connectivity index (χ4v) is 3.21. The Labute approximate surface area is 147 Å². The summed E-state index contributed by atoms with van der Waals surface area (Å²) in [6.07, 6.45) is 5.35. The number of ether oxygens (including phenoxy) is 2. The van der Waals surface area contributed by atoms with Gasteiger partial charge in [-0.25, -0.2) is 4.79 Å². The Morgan fingerprint density at radius 2 is 2.20 bits per heavy atom. The number of nitrogens with one attached hydrogen (secondary N) is 1. The minimum absolute atomic E-state index is 0.0149. The number of hydrogen-bond acceptors (Lipinski definition) is 4. The second-order valence-corrected chi connectivity index (χ2v) is 5.98. The molecule has 0 aliphatic carbocycles. The molecule has 6 nitrogen and oxygen atoms in total. The van der Waals surface area contributed by atoms with Crippen molar-refractivity contribution < 1.29 is 14.3 Å². The summed E-state index contributed by atoms with van der Waals surface area (Å²) >= 11 is 0. The highest BCUT2D eigenvalue weighted by molar-refractivity contribution is 5.75. The molecule has 1 aromatic carbocycles. The number of pyridine rings is 1. The highest BCUT2D eigenvalue weighted by Gasteiger charge is 2.32. The lowest BCUT2D eigenvalue weighted by molar-refractivity contribution is 0.191. The SMILES string of the molecule is COc1ccc(OC)c([C@H]2CCCN2C(=O)NCc2cccnc2)c1. The van der Waals surface area contributed by atoms with E-state index in [1.807, 2.05) is 35.2 Å². The van der Waals surface area contributed by atoms with Crippen LogP contribution < -0.4 is 14.8 Å². The van der Waals surface area contributed by atoms with E-state index < -0.39 is 0 Å². The van der Waals surface area contributed by atoms with Gasteiger partial charge < -0.3 is 19.7 Å². The van der Waals surface area contributed by atoms with Gasteiger partial charge in [0.1, 0.15) is 11.5 Å². The van der Waals surface area contributed by atoms with E-state index in [4.69, 9.17) is 9.47 Å². The third kappa shape index (κ3) is 3.84. The molecule has 132 valence electrons. The summed E-state index contributed by atoms with van der Waals surface area (Å²) in [5.74, 6) is 1.54. The summed E-state index contributed by atoms with van der Waals surface area (Å²) in [6, 6.07) is 9.43. The van der Waals surface area contributed by atoms with E-state index in [1.165, 1.54) is 0 Å². The van der Waals surface area contributed by atoms with Crippen LogP contribution in [0.2, 0.25) is 0 Å². The minimum Gasteiger partial charge on any atom is -0.497 e. The molecule has 1 aromatic heterocycles. The van der Waals surface area contributed by atoms with Crippen LogP contribution >= 0.6 is 0 Å². The largest absolute Gasteiger partial charge is 0.497 e. The van der Waals surface area contributed by atoms with Crippen LogP contribution in [-0.4, -0.2) is 36.7 Å². The first-order valence-corrected chi connectivity index (χ1v) is 8.38. The van der Waals surface area contributed by atoms with E-state index in [1.54, 1.807) is 26.6 Å². The van der Waals surface area contributed by atoms with Gasteiger partial charge in [0.05, 0.1) is 20.3 Å². The van der Waals surface area contributed by atoms with Crippen molar-refractivity contribution in [1.29, 1.82) is 0 Å². The van der Waals surface area contributed by atoms with Crippen molar-refractivity contribution in [2.45, 2.75) is 25.4 Å². The summed E-state index contributed by atoms with van der Waals surface area (Å²) in [5.41, 5.74) is 1.96. The number of likely N-dealkylation sites (tertiary alicyclic amines) is 1. The molecule has 1 aliphatic heterocycles. The highest BCUT2D eigenvalue weighted by Crippen LogP contribution is 2.38. The van der Waals surface area contributed by atoms with Gasteiger partial charge in [-0.2, -0.15) is 0 Å². The molecule has 2 heterocycles. The second-order valence-electron chi connectivity index (χ2n) is 5.98. The fraction of sp³-hybridized carbons (Fsp3) is 0.368. The van der Waals surface area contributed by atoms with Gasteiger partial charge >= 0.3 is 6.03 Å². The quantitative estimate of drug-likeness (QED) is 0.907. The molecule has 0 radical (unpaired) electrons. The normalized spacial score (nSPS) is 16.6. The van der Waals surface area contributed by atoms with Crippen molar-refractivity contribution in [3.05, 3.63) is 53.9 Å². The number of benzene rings is 1. The zero-order valence-corrected chi connectivity index (χ0v) is 14.6. The summed E-state index contributed by atoms with van der Waals surface area (Å²) in [5, 5.41) is 2.98. The number of amides is 2. The van der Waals surface area contributed by atoms with Crippen LogP contribution in [-0.2, 0) is 6.54 Å². The maximum Gasteiger partial charge on any atom is 0.318 e. The number of aromatic nitrogens is 1. The molecule has 0 saturated carbocycles. The molecule has 1 saturated heterocycles. The van der Waals surface area contributed by atoms with Gasteiger partial charge in [0.25, 0.3) is 0 Å². The van der Waals surface area contributed by atoms with Gasteiger partial charge in [0.15, 0.2) is 0 Å². The molecule has 25 heavy (non-hydrogen) atoms. The number of methoxy groups -OCH3 is 2. The average Bonchev–Trinajstić information content (AvgIpc) is 3.16. The van der Waals surface area contributed by atoms with E-state index in [2.05, 4.69) is 10.3 Å². The molecule has 0 bridgehead atoms. The van der Waals surface area contributed by atoms with E-state index in [9.17, 15) is 4.79 Å². The van der Waals surface area contributed by atoms with E-state index >= 15 is 0 Å². The number of carbonyl (C=O) groups is 1. The predicted octanol–water partition coefficient (Wildman–Crippen LogP) is 3.15. The zero-order valence-electron chi connectivity index (χ0n) is 14.6. The van der Waals surface area contributed by atoms with Crippen LogP contribution in [0.25, 0.3) is 0 Å². The van der Waals surface area contributed by atoms with E-state index in [-0.39, 0.29) is 12.1 Å². The molecule has 1 atom stereocenters. The number of rotatable bonds is 5. The van der Waals surface area contributed by atoms with Gasteiger partial charge in [-0.05, 0) is 42.7 Å². The number of carbonyl (C=O) groups excluding carboxylic acids is 1. The monoisotopic (exact) mass is 341 g/mol. The molecule has 2 aromatic rings. The Morgan fingerprint density at radius 1 is 1.32 bits per heavy atom. The Hall–Kier alpha value is -2.76. The summed E-state index contributed by atoms with van der Waals surface area (Å²) < 4.78 is 10.8. The maximum absolute atomic E-state index is 12.7. The first-order valence-electron chi connectivity index (χ1n) is 8.38. The standard InChI is InChI=1S/C19H23N3O3/c1-24-15-7-8-18(25-2)16(11-15)17-6-4-10-22(17)19(23)21-13-14-5-3-9-20-12-14/h3,5,7-9,11-12,17H,4,6,10,13H2,1-2H3,(H,21,23)/t17-/m1/s1. The lowest BCUT2D eigenvalue weighted by atomic mass is 10.0. The summed E-state index contributed by atoms with van der Waals surface area (Å²) in [4.78, 5) is 18.6. The van der Waals surface area contributed by atoms with Gasteiger partial charge in [-0.1, -0.05) is 6.07 Å². The first-order chi connectivity index (χ1) is 12.2. The van der Waals surface area contributed by atoms with Crippen LogP contribution in [0.15, 0.2) is 42.7 Å². The molecule has 0 spiro atoms. The summed E-state index contributed by atoms with van der Waals surface area (Å²) in [6.45, 7) is 1.19. The first kappa shape index (κ1) is 17.1. The number of nitrogens with zero attached hydrogens (tertiary/aromatic N) is 2. The zero-order chi connectivity index (χ0) is 17.6. The van der Waals surface area contributed by atoms with Crippen molar-refractivity contribution in [3.63, 3.8) is 0 Å². The van der Waals surface area contributed by atoms with Crippen LogP contribution in [0.1, 0.15) is 30.0 Å². The third-order valence-corrected chi connectivity index (χ3v) is 4.48. The molecule has 1 fully saturated rings. The van der Waals surface area contributed by atoms with Gasteiger partial charge in [0, 0.05) is 31.0 Å². The van der Waals surface area contributed by atoms with Crippen molar-refractivity contribution in [2.24, 2.45) is 0 Å². The Kier molecular flexibility index (Phi) is 5.38. The molecule has 1 N–H and O–H groups in total. The topological polar surface area (TPSA) is 63.7 Å². The lowest BCUT2D eigenvalue weighted by Crippen LogP contribution is -2.39. The lowest BCUT2D eigenvalue weighted by Gasteiger charge is -2.27. The molecule has 3 rings (SSSR count). The van der Waals surface area contributed by atoms with Gasteiger partial charge in [-0.3, -0.25) is 4.98 Å². The Bertz CT molecular complexity index is 721. The minimum atomic E-state index is -0.0729. The Morgan fingerprint density at radius 3 is 2.92 bits per heavy atom. The Balaban J connectivity index is 1.75. The molecule has 0 unspecified atom stereocenters. The van der Waals surface area contributed by atoms with Crippen LogP contribution in [0.3, 0.4) is 0 Å². The van der Waals surface area contributed by atoms with Crippen LogP contribution in [0.5, 0.6) is 11.5 Å². The van der Waals surface area contributed by atoms with Crippen LogP contribution in [0.4, 0.5) is 4.79 Å². The molecular weight excluding hydrogens is 318 g/mol. The maximum atomic E-state index is 12.7. The van der Waals surface area contributed by atoms with Crippen molar-refractivity contribution in [1.82, 2.24) is 15.2 Å². The third-order valence-electron chi connectivity index (χ3n) is 4.48. The number of urea groups is 1. The fourth-order valence-electron chi connectivity index (χ4n) is 3.21. The summed E-state index contributed by atoms with van der Waals surface area (Å²) in [7, 11) is 3.28. The van der Waals surface area contributed by atoms with Gasteiger partial charge in [-0.15, -0.1) is 0 Å². The second kappa shape index (κ2) is 7.88. The number of hydrogen-bond donors (Lipinski definition) is 1. The van der Waals surface area contributed by atoms with Crippen molar-refractivity contribution in [3.8, 4) is 11.5 Å². The van der Waals surface area contributed by atoms with Crippen LogP contribution in [0, 0.1) is 0 Å². The smallest absolute Gasteiger partial charge is 0.318 e. The molecule has 2 amide bonds. The molecule has 1 aliphatic rings. The van der Waals surface area contributed by atoms with Gasteiger partial charge in [0.2, 0.25) is 0 Å².